The van der Waals surface area contributed by atoms with Crippen LogP contribution in [0.5, 0.6) is 0 Å². The first kappa shape index (κ1) is 16.0. The average Bonchev–Trinajstić information content (AvgIpc) is 2.81. The molecule has 0 aromatic carbocycles. The van der Waals surface area contributed by atoms with Crippen LogP contribution in [0.15, 0.2) is 0 Å². The van der Waals surface area contributed by atoms with Crippen LogP contribution in [0.25, 0.3) is 10.2 Å². The van der Waals surface area contributed by atoms with E-state index >= 15 is 0 Å². The van der Waals surface area contributed by atoms with E-state index in [1.54, 1.807) is 0 Å². The van der Waals surface area contributed by atoms with Gasteiger partial charge in [0, 0.05) is 13.6 Å². The minimum Gasteiger partial charge on any atom is -0.465 e. The van der Waals surface area contributed by atoms with Crippen molar-refractivity contribution in [2.24, 2.45) is 0 Å². The van der Waals surface area contributed by atoms with Crippen LogP contribution in [-0.4, -0.2) is 36.6 Å². The predicted octanol–water partition coefficient (Wildman–Crippen LogP) is 3.68. The van der Waals surface area contributed by atoms with Gasteiger partial charge in [0.25, 0.3) is 0 Å². The number of halogens is 1. The molecule has 5 nitrogen and oxygen atoms in total. The van der Waals surface area contributed by atoms with Crippen molar-refractivity contribution in [2.45, 2.75) is 26.7 Å². The maximum Gasteiger partial charge on any atom is 0.348 e. The number of thiophene rings is 1. The Morgan fingerprint density at radius 2 is 2.14 bits per heavy atom. The Morgan fingerprint density at radius 3 is 2.76 bits per heavy atom. The first-order chi connectivity index (χ1) is 9.99. The van der Waals surface area contributed by atoms with E-state index in [0.29, 0.717) is 20.8 Å². The molecular formula is C14H18ClN3O2S. The number of ether oxygens (including phenoxy) is 1. The molecule has 2 aromatic heterocycles. The molecule has 0 aliphatic rings. The number of rotatable bonds is 5. The SMILES string of the molecule is CCCCN(C)c1nc(Cl)c2c(C)c(C(=O)OC)sc2n1. The number of esters is 1. The number of hydrogen-bond donors (Lipinski definition) is 0. The van der Waals surface area contributed by atoms with Crippen molar-refractivity contribution in [2.75, 3.05) is 25.6 Å². The van der Waals surface area contributed by atoms with Crippen molar-refractivity contribution >= 4 is 45.1 Å². The first-order valence-corrected chi connectivity index (χ1v) is 7.95. The Hall–Kier alpha value is -1.40. The minimum atomic E-state index is -0.368. The Bertz CT molecular complexity index is 672. The van der Waals surface area contributed by atoms with Gasteiger partial charge in [-0.05, 0) is 18.9 Å². The van der Waals surface area contributed by atoms with Crippen molar-refractivity contribution in [3.05, 3.63) is 15.6 Å². The average molecular weight is 328 g/mol. The van der Waals surface area contributed by atoms with Crippen LogP contribution in [0.4, 0.5) is 5.95 Å². The van der Waals surface area contributed by atoms with Gasteiger partial charge in [0.15, 0.2) is 0 Å². The number of methoxy groups -OCH3 is 1. The second kappa shape index (κ2) is 6.58. The summed E-state index contributed by atoms with van der Waals surface area (Å²) in [7, 11) is 3.30. The Balaban J connectivity index is 2.48. The molecule has 114 valence electrons. The molecule has 0 saturated carbocycles. The monoisotopic (exact) mass is 327 g/mol. The van der Waals surface area contributed by atoms with Gasteiger partial charge < -0.3 is 9.64 Å². The topological polar surface area (TPSA) is 55.3 Å². The van der Waals surface area contributed by atoms with Gasteiger partial charge in [-0.1, -0.05) is 24.9 Å². The van der Waals surface area contributed by atoms with Gasteiger partial charge >= 0.3 is 5.97 Å². The van der Waals surface area contributed by atoms with E-state index < -0.39 is 0 Å². The maximum atomic E-state index is 11.8. The minimum absolute atomic E-state index is 0.368. The molecule has 0 amide bonds. The summed E-state index contributed by atoms with van der Waals surface area (Å²) in [6.07, 6.45) is 2.16. The second-order valence-electron chi connectivity index (χ2n) is 4.82. The third-order valence-electron chi connectivity index (χ3n) is 3.29. The van der Waals surface area contributed by atoms with Gasteiger partial charge in [0.05, 0.1) is 12.5 Å². The van der Waals surface area contributed by atoms with Crippen molar-refractivity contribution in [3.8, 4) is 0 Å². The fraction of sp³-hybridized carbons (Fsp3) is 0.500. The lowest BCUT2D eigenvalue weighted by Crippen LogP contribution is -2.20. The molecule has 0 spiro atoms. The number of fused-ring (bicyclic) bond motifs is 1. The standard InChI is InChI=1S/C14H18ClN3O2S/c1-5-6-7-18(3)14-16-11(15)9-8(2)10(13(19)20-4)21-12(9)17-14/h5-7H2,1-4H3. The maximum absolute atomic E-state index is 11.8. The van der Waals surface area contributed by atoms with Crippen molar-refractivity contribution in [1.82, 2.24) is 9.97 Å². The van der Waals surface area contributed by atoms with Crippen LogP contribution in [0.2, 0.25) is 5.15 Å². The quantitative estimate of drug-likeness (QED) is 0.619. The van der Waals surface area contributed by atoms with E-state index in [9.17, 15) is 4.79 Å². The zero-order chi connectivity index (χ0) is 15.6. The van der Waals surface area contributed by atoms with Gasteiger partial charge in [0.1, 0.15) is 14.9 Å². The number of carbonyl (C=O) groups excluding carboxylic acids is 1. The summed E-state index contributed by atoms with van der Waals surface area (Å²) < 4.78 is 4.79. The number of aromatic nitrogens is 2. The van der Waals surface area contributed by atoms with Gasteiger partial charge in [0.2, 0.25) is 5.95 Å². The van der Waals surface area contributed by atoms with Gasteiger partial charge in [-0.25, -0.2) is 14.8 Å². The summed E-state index contributed by atoms with van der Waals surface area (Å²) in [6.45, 7) is 4.84. The van der Waals surface area contributed by atoms with Gasteiger partial charge in [-0.3, -0.25) is 0 Å². The normalized spacial score (nSPS) is 10.9. The number of nitrogens with zero attached hydrogens (tertiary/aromatic N) is 3. The molecule has 2 rings (SSSR count). The number of aryl methyl sites for hydroxylation is 1. The fourth-order valence-corrected chi connectivity index (χ4v) is 3.49. The zero-order valence-electron chi connectivity index (χ0n) is 12.6. The molecule has 0 radical (unpaired) electrons. The summed E-state index contributed by atoms with van der Waals surface area (Å²) in [5, 5.41) is 1.11. The van der Waals surface area contributed by atoms with Crippen LogP contribution in [0.1, 0.15) is 35.0 Å². The highest BCUT2D eigenvalue weighted by molar-refractivity contribution is 7.20. The van der Waals surface area contributed by atoms with Crippen LogP contribution in [0, 0.1) is 6.92 Å². The van der Waals surface area contributed by atoms with Gasteiger partial charge in [-0.15, -0.1) is 11.3 Å². The van der Waals surface area contributed by atoms with Crippen molar-refractivity contribution in [1.29, 1.82) is 0 Å². The number of carbonyl (C=O) groups is 1. The molecule has 0 fully saturated rings. The second-order valence-corrected chi connectivity index (χ2v) is 6.17. The van der Waals surface area contributed by atoms with E-state index in [-0.39, 0.29) is 5.97 Å². The van der Waals surface area contributed by atoms with Crippen LogP contribution >= 0.6 is 22.9 Å². The molecule has 21 heavy (non-hydrogen) atoms. The zero-order valence-corrected chi connectivity index (χ0v) is 14.1. The summed E-state index contributed by atoms with van der Waals surface area (Å²) in [4.78, 5) is 23.9. The van der Waals surface area contributed by atoms with E-state index in [1.165, 1.54) is 18.4 Å². The van der Waals surface area contributed by atoms with Crippen LogP contribution in [0.3, 0.4) is 0 Å². The number of hydrogen-bond acceptors (Lipinski definition) is 6. The largest absolute Gasteiger partial charge is 0.465 e. The highest BCUT2D eigenvalue weighted by Crippen LogP contribution is 2.35. The Kier molecular flexibility index (Phi) is 5.00. The first-order valence-electron chi connectivity index (χ1n) is 6.75. The van der Waals surface area contributed by atoms with Crippen molar-refractivity contribution < 1.29 is 9.53 Å². The van der Waals surface area contributed by atoms with Crippen LogP contribution < -0.4 is 4.90 Å². The summed E-state index contributed by atoms with van der Waals surface area (Å²) >= 11 is 7.57. The molecule has 0 unspecified atom stereocenters. The molecule has 2 aromatic rings. The van der Waals surface area contributed by atoms with Gasteiger partial charge in [-0.2, -0.15) is 0 Å². The molecule has 2 heterocycles. The molecular weight excluding hydrogens is 310 g/mol. The molecule has 0 bridgehead atoms. The lowest BCUT2D eigenvalue weighted by Gasteiger charge is -2.16. The van der Waals surface area contributed by atoms with E-state index in [2.05, 4.69) is 16.9 Å². The smallest absolute Gasteiger partial charge is 0.348 e. The van der Waals surface area contributed by atoms with Crippen molar-refractivity contribution in [3.63, 3.8) is 0 Å². The third kappa shape index (κ3) is 3.11. The lowest BCUT2D eigenvalue weighted by atomic mass is 10.2. The molecule has 0 atom stereocenters. The predicted molar refractivity (Wildman–Crippen MR) is 86.7 cm³/mol. The summed E-state index contributed by atoms with van der Waals surface area (Å²) in [5.74, 6) is 0.214. The number of anilines is 1. The highest BCUT2D eigenvalue weighted by Gasteiger charge is 2.21. The summed E-state index contributed by atoms with van der Waals surface area (Å²) in [5.41, 5.74) is 0.773. The molecule has 7 heteroatoms. The molecule has 0 N–H and O–H groups in total. The molecule has 0 aliphatic carbocycles. The fourth-order valence-electron chi connectivity index (χ4n) is 2.03. The molecule has 0 aliphatic heterocycles. The third-order valence-corrected chi connectivity index (χ3v) is 4.73. The Labute approximate surface area is 132 Å². The highest BCUT2D eigenvalue weighted by atomic mass is 35.5. The Morgan fingerprint density at radius 1 is 1.43 bits per heavy atom. The molecule has 0 saturated heterocycles. The lowest BCUT2D eigenvalue weighted by molar-refractivity contribution is 0.0605. The van der Waals surface area contributed by atoms with E-state index in [0.717, 1.165) is 30.3 Å². The van der Waals surface area contributed by atoms with E-state index in [4.69, 9.17) is 16.3 Å². The van der Waals surface area contributed by atoms with E-state index in [1.807, 2.05) is 18.9 Å². The number of unbranched alkanes of at least 4 members (excludes halogenated alkanes) is 1. The van der Waals surface area contributed by atoms with Crippen LogP contribution in [-0.2, 0) is 4.74 Å². The summed E-state index contributed by atoms with van der Waals surface area (Å²) in [6, 6.07) is 0.